The zero-order valence-electron chi connectivity index (χ0n) is 11.4. The van der Waals surface area contributed by atoms with Gasteiger partial charge in [0.15, 0.2) is 0 Å². The number of nitrogens with one attached hydrogen (secondary N) is 1. The molecule has 0 fully saturated rings. The van der Waals surface area contributed by atoms with Crippen LogP contribution in [0.25, 0.3) is 0 Å². The van der Waals surface area contributed by atoms with Crippen molar-refractivity contribution in [3.05, 3.63) is 65.0 Å². The summed E-state index contributed by atoms with van der Waals surface area (Å²) in [6.45, 7) is 1.99. The highest BCUT2D eigenvalue weighted by molar-refractivity contribution is 5.94. The number of halogens is 1. The first-order valence-electron chi connectivity index (χ1n) is 6.28. The van der Waals surface area contributed by atoms with Crippen LogP contribution in [-0.2, 0) is 6.54 Å². The van der Waals surface area contributed by atoms with Gasteiger partial charge in [-0.15, -0.1) is 0 Å². The summed E-state index contributed by atoms with van der Waals surface area (Å²) in [4.78, 5) is 12.0. The molecule has 1 amide bonds. The third-order valence-corrected chi connectivity index (χ3v) is 3.07. The van der Waals surface area contributed by atoms with Crippen LogP contribution in [0.2, 0.25) is 0 Å². The topological polar surface area (TPSA) is 38.3 Å². The maximum absolute atomic E-state index is 13.4. The summed E-state index contributed by atoms with van der Waals surface area (Å²) in [6.07, 6.45) is 0. The molecule has 0 bridgehead atoms. The zero-order chi connectivity index (χ0) is 14.5. The number of methoxy groups -OCH3 is 1. The number of carbonyl (C=O) groups excluding carboxylic acids is 1. The van der Waals surface area contributed by atoms with Crippen LogP contribution in [0.3, 0.4) is 0 Å². The fraction of sp³-hybridized carbons (Fsp3) is 0.188. The van der Waals surface area contributed by atoms with Crippen LogP contribution in [0.15, 0.2) is 42.5 Å². The lowest BCUT2D eigenvalue weighted by Gasteiger charge is -2.09. The van der Waals surface area contributed by atoms with Crippen LogP contribution >= 0.6 is 0 Å². The van der Waals surface area contributed by atoms with Crippen molar-refractivity contribution in [1.29, 1.82) is 0 Å². The quantitative estimate of drug-likeness (QED) is 0.929. The molecule has 2 rings (SSSR count). The van der Waals surface area contributed by atoms with Gasteiger partial charge in [-0.3, -0.25) is 4.79 Å². The van der Waals surface area contributed by atoms with Gasteiger partial charge in [0.05, 0.1) is 7.11 Å². The number of para-hydroxylation sites is 1. The molecule has 2 aromatic rings. The van der Waals surface area contributed by atoms with Crippen molar-refractivity contribution in [1.82, 2.24) is 5.32 Å². The van der Waals surface area contributed by atoms with Crippen molar-refractivity contribution in [2.45, 2.75) is 13.5 Å². The third-order valence-electron chi connectivity index (χ3n) is 3.07. The lowest BCUT2D eigenvalue weighted by Crippen LogP contribution is -2.23. The van der Waals surface area contributed by atoms with E-state index in [0.29, 0.717) is 23.4 Å². The average molecular weight is 273 g/mol. The molecule has 0 aromatic heterocycles. The number of hydrogen-bond donors (Lipinski definition) is 1. The summed E-state index contributed by atoms with van der Waals surface area (Å²) in [5.41, 5.74) is 1.70. The second-order valence-corrected chi connectivity index (χ2v) is 4.46. The van der Waals surface area contributed by atoms with Gasteiger partial charge in [0.25, 0.3) is 5.91 Å². The predicted octanol–water partition coefficient (Wildman–Crippen LogP) is 3.07. The van der Waals surface area contributed by atoms with Gasteiger partial charge >= 0.3 is 0 Å². The van der Waals surface area contributed by atoms with Crippen LogP contribution in [0, 0.1) is 12.7 Å². The standard InChI is InChI=1S/C16H16FNO2/c1-11-7-8-12(9-14(11)17)16(19)18-10-13-5-3-4-6-15(13)20-2/h3-9H,10H2,1-2H3,(H,18,19). The van der Waals surface area contributed by atoms with E-state index in [2.05, 4.69) is 5.32 Å². The van der Waals surface area contributed by atoms with E-state index in [4.69, 9.17) is 4.74 Å². The van der Waals surface area contributed by atoms with Gasteiger partial charge in [0.1, 0.15) is 11.6 Å². The number of amides is 1. The fourth-order valence-corrected chi connectivity index (χ4v) is 1.86. The lowest BCUT2D eigenvalue weighted by molar-refractivity contribution is 0.0950. The van der Waals surface area contributed by atoms with E-state index >= 15 is 0 Å². The van der Waals surface area contributed by atoms with E-state index in [-0.39, 0.29) is 11.7 Å². The van der Waals surface area contributed by atoms with Gasteiger partial charge in [-0.25, -0.2) is 4.39 Å². The summed E-state index contributed by atoms with van der Waals surface area (Å²) < 4.78 is 18.6. The minimum atomic E-state index is -0.380. The second-order valence-electron chi connectivity index (χ2n) is 4.46. The van der Waals surface area contributed by atoms with E-state index < -0.39 is 0 Å². The Bertz CT molecular complexity index is 626. The van der Waals surface area contributed by atoms with Crippen LogP contribution in [0.5, 0.6) is 5.75 Å². The van der Waals surface area contributed by atoms with E-state index in [1.54, 1.807) is 26.2 Å². The molecule has 0 aliphatic rings. The Morgan fingerprint density at radius 1 is 1.25 bits per heavy atom. The molecule has 0 unspecified atom stereocenters. The zero-order valence-corrected chi connectivity index (χ0v) is 11.4. The average Bonchev–Trinajstić information content (AvgIpc) is 2.47. The molecule has 1 N–H and O–H groups in total. The van der Waals surface area contributed by atoms with Crippen LogP contribution in [-0.4, -0.2) is 13.0 Å². The molecule has 0 saturated heterocycles. The minimum absolute atomic E-state index is 0.308. The van der Waals surface area contributed by atoms with Gasteiger partial charge < -0.3 is 10.1 Å². The summed E-state index contributed by atoms with van der Waals surface area (Å²) >= 11 is 0. The molecule has 3 nitrogen and oxygen atoms in total. The Hall–Kier alpha value is -2.36. The Balaban J connectivity index is 2.06. The first kappa shape index (κ1) is 14.1. The third kappa shape index (κ3) is 3.15. The Morgan fingerprint density at radius 2 is 2.00 bits per heavy atom. The predicted molar refractivity (Wildman–Crippen MR) is 75.3 cm³/mol. The highest BCUT2D eigenvalue weighted by atomic mass is 19.1. The van der Waals surface area contributed by atoms with Crippen molar-refractivity contribution >= 4 is 5.91 Å². The SMILES string of the molecule is COc1ccccc1CNC(=O)c1ccc(C)c(F)c1. The number of rotatable bonds is 4. The van der Waals surface area contributed by atoms with E-state index in [9.17, 15) is 9.18 Å². The number of benzene rings is 2. The molecule has 0 saturated carbocycles. The van der Waals surface area contributed by atoms with Gasteiger partial charge in [0.2, 0.25) is 0 Å². The molecule has 104 valence electrons. The van der Waals surface area contributed by atoms with Crippen molar-refractivity contribution in [2.75, 3.05) is 7.11 Å². The number of hydrogen-bond acceptors (Lipinski definition) is 2. The van der Waals surface area contributed by atoms with Crippen LogP contribution in [0.4, 0.5) is 4.39 Å². The Morgan fingerprint density at radius 3 is 2.70 bits per heavy atom. The molecule has 0 aliphatic heterocycles. The maximum Gasteiger partial charge on any atom is 0.251 e. The molecule has 0 aliphatic carbocycles. The molecule has 0 atom stereocenters. The summed E-state index contributed by atoms with van der Waals surface area (Å²) in [7, 11) is 1.58. The smallest absolute Gasteiger partial charge is 0.251 e. The van der Waals surface area contributed by atoms with Crippen LogP contribution < -0.4 is 10.1 Å². The summed E-state index contributed by atoms with van der Waals surface area (Å²) in [5, 5.41) is 2.75. The minimum Gasteiger partial charge on any atom is -0.496 e. The molecule has 0 radical (unpaired) electrons. The van der Waals surface area contributed by atoms with Crippen molar-refractivity contribution in [2.24, 2.45) is 0 Å². The van der Waals surface area contributed by atoms with Gasteiger partial charge in [-0.1, -0.05) is 24.3 Å². The van der Waals surface area contributed by atoms with Crippen molar-refractivity contribution in [3.63, 3.8) is 0 Å². The maximum atomic E-state index is 13.4. The molecule has 0 spiro atoms. The number of ether oxygens (including phenoxy) is 1. The lowest BCUT2D eigenvalue weighted by atomic mass is 10.1. The molecular weight excluding hydrogens is 257 g/mol. The largest absolute Gasteiger partial charge is 0.496 e. The van der Waals surface area contributed by atoms with Crippen molar-refractivity contribution in [3.8, 4) is 5.75 Å². The number of aryl methyl sites for hydroxylation is 1. The molecule has 4 heteroatoms. The summed E-state index contributed by atoms with van der Waals surface area (Å²) in [6, 6.07) is 11.9. The molecule has 0 heterocycles. The van der Waals surface area contributed by atoms with Gasteiger partial charge in [-0.2, -0.15) is 0 Å². The Labute approximate surface area is 117 Å². The molecule has 2 aromatic carbocycles. The van der Waals surface area contributed by atoms with Crippen molar-refractivity contribution < 1.29 is 13.9 Å². The van der Waals surface area contributed by atoms with E-state index in [1.807, 2.05) is 24.3 Å². The fourth-order valence-electron chi connectivity index (χ4n) is 1.86. The highest BCUT2D eigenvalue weighted by Crippen LogP contribution is 2.17. The second kappa shape index (κ2) is 6.19. The van der Waals surface area contributed by atoms with E-state index in [0.717, 1.165) is 5.56 Å². The molecular formula is C16H16FNO2. The van der Waals surface area contributed by atoms with Gasteiger partial charge in [0, 0.05) is 17.7 Å². The van der Waals surface area contributed by atoms with Crippen LogP contribution in [0.1, 0.15) is 21.5 Å². The van der Waals surface area contributed by atoms with Gasteiger partial charge in [-0.05, 0) is 30.7 Å². The Kier molecular flexibility index (Phi) is 4.35. The highest BCUT2D eigenvalue weighted by Gasteiger charge is 2.09. The monoisotopic (exact) mass is 273 g/mol. The first-order chi connectivity index (χ1) is 9.61. The first-order valence-corrected chi connectivity index (χ1v) is 6.28. The summed E-state index contributed by atoms with van der Waals surface area (Å²) in [5.74, 6) is 0.0210. The normalized spacial score (nSPS) is 10.2. The number of carbonyl (C=O) groups is 1. The molecule has 20 heavy (non-hydrogen) atoms. The van der Waals surface area contributed by atoms with E-state index in [1.165, 1.54) is 6.07 Å².